The standard InChI is InChI=1S/C12H10N2O2S/c1-8(15)9-2-4-10(5-3-9)11(16)14-12-13-6-7-17-12/h2-7H,1H3,(H,13,14,16). The summed E-state index contributed by atoms with van der Waals surface area (Å²) in [4.78, 5) is 26.8. The first kappa shape index (κ1) is 11.5. The van der Waals surface area contributed by atoms with Crippen molar-refractivity contribution in [1.82, 2.24) is 4.98 Å². The Kier molecular flexibility index (Phi) is 3.30. The van der Waals surface area contributed by atoms with Crippen LogP contribution in [0.1, 0.15) is 27.6 Å². The second-order valence-electron chi connectivity index (χ2n) is 3.42. The molecule has 1 aromatic heterocycles. The molecule has 2 rings (SSSR count). The summed E-state index contributed by atoms with van der Waals surface area (Å²) in [5.74, 6) is -0.244. The molecule has 2 aromatic rings. The Hall–Kier alpha value is -2.01. The highest BCUT2D eigenvalue weighted by Gasteiger charge is 2.07. The van der Waals surface area contributed by atoms with E-state index < -0.39 is 0 Å². The first-order valence-corrected chi connectivity index (χ1v) is 5.86. The molecular formula is C12H10N2O2S. The van der Waals surface area contributed by atoms with Crippen LogP contribution in [0.25, 0.3) is 0 Å². The lowest BCUT2D eigenvalue weighted by Crippen LogP contribution is -2.11. The van der Waals surface area contributed by atoms with Gasteiger partial charge in [0.25, 0.3) is 5.91 Å². The number of nitrogens with zero attached hydrogens (tertiary/aromatic N) is 1. The van der Waals surface area contributed by atoms with Gasteiger partial charge in [-0.2, -0.15) is 0 Å². The van der Waals surface area contributed by atoms with Crippen LogP contribution in [0.5, 0.6) is 0 Å². The van der Waals surface area contributed by atoms with Crippen molar-refractivity contribution in [1.29, 1.82) is 0 Å². The van der Waals surface area contributed by atoms with Crippen LogP contribution in [-0.2, 0) is 0 Å². The number of hydrogen-bond donors (Lipinski definition) is 1. The highest BCUT2D eigenvalue weighted by molar-refractivity contribution is 7.13. The molecule has 0 aliphatic rings. The molecule has 0 spiro atoms. The molecule has 1 aromatic carbocycles. The van der Waals surface area contributed by atoms with E-state index in [2.05, 4.69) is 10.3 Å². The Morgan fingerprint density at radius 2 is 1.82 bits per heavy atom. The number of carbonyl (C=O) groups is 2. The van der Waals surface area contributed by atoms with Crippen LogP contribution >= 0.6 is 11.3 Å². The number of hydrogen-bond acceptors (Lipinski definition) is 4. The van der Waals surface area contributed by atoms with Crippen LogP contribution in [-0.4, -0.2) is 16.7 Å². The van der Waals surface area contributed by atoms with Crippen LogP contribution in [0.4, 0.5) is 5.13 Å². The lowest BCUT2D eigenvalue weighted by molar-refractivity contribution is 0.100. The van der Waals surface area contributed by atoms with Gasteiger partial charge in [-0.15, -0.1) is 11.3 Å². The van der Waals surface area contributed by atoms with Crippen molar-refractivity contribution < 1.29 is 9.59 Å². The van der Waals surface area contributed by atoms with Crippen molar-refractivity contribution in [2.45, 2.75) is 6.92 Å². The number of amides is 1. The van der Waals surface area contributed by atoms with Gasteiger partial charge in [0.2, 0.25) is 0 Å². The van der Waals surface area contributed by atoms with Gasteiger partial charge in [0, 0.05) is 22.7 Å². The molecule has 86 valence electrons. The zero-order valence-electron chi connectivity index (χ0n) is 9.14. The first-order valence-electron chi connectivity index (χ1n) is 4.98. The van der Waals surface area contributed by atoms with E-state index in [0.717, 1.165) is 0 Å². The molecule has 5 heteroatoms. The van der Waals surface area contributed by atoms with Gasteiger partial charge in [-0.05, 0) is 19.1 Å². The average Bonchev–Trinajstić information content (AvgIpc) is 2.82. The van der Waals surface area contributed by atoms with Crippen molar-refractivity contribution >= 4 is 28.2 Å². The predicted molar refractivity (Wildman–Crippen MR) is 66.5 cm³/mol. The van der Waals surface area contributed by atoms with E-state index in [1.807, 2.05) is 0 Å². The molecule has 0 unspecified atom stereocenters. The number of thiazole rings is 1. The van der Waals surface area contributed by atoms with Crippen LogP contribution in [0, 0.1) is 0 Å². The fraction of sp³-hybridized carbons (Fsp3) is 0.0833. The van der Waals surface area contributed by atoms with Crippen LogP contribution in [0.2, 0.25) is 0 Å². The molecule has 0 aliphatic carbocycles. The molecule has 0 aliphatic heterocycles. The normalized spacial score (nSPS) is 9.94. The van der Waals surface area contributed by atoms with E-state index in [4.69, 9.17) is 0 Å². The average molecular weight is 246 g/mol. The maximum Gasteiger partial charge on any atom is 0.257 e. The Labute approximate surface area is 102 Å². The third-order valence-corrected chi connectivity index (χ3v) is 2.89. The zero-order valence-corrected chi connectivity index (χ0v) is 9.95. The number of benzene rings is 1. The number of carbonyl (C=O) groups excluding carboxylic acids is 2. The number of anilines is 1. The highest BCUT2D eigenvalue weighted by Crippen LogP contribution is 2.13. The quantitative estimate of drug-likeness (QED) is 0.847. The molecule has 0 saturated heterocycles. The van der Waals surface area contributed by atoms with Gasteiger partial charge in [0.1, 0.15) is 0 Å². The number of aromatic nitrogens is 1. The van der Waals surface area contributed by atoms with E-state index in [-0.39, 0.29) is 11.7 Å². The van der Waals surface area contributed by atoms with Gasteiger partial charge in [0.05, 0.1) is 0 Å². The molecule has 0 bridgehead atoms. The lowest BCUT2D eigenvalue weighted by Gasteiger charge is -2.02. The third kappa shape index (κ3) is 2.76. The van der Waals surface area contributed by atoms with Crippen LogP contribution in [0.15, 0.2) is 35.8 Å². The molecule has 0 saturated carbocycles. The maximum absolute atomic E-state index is 11.8. The van der Waals surface area contributed by atoms with Gasteiger partial charge in [0.15, 0.2) is 10.9 Å². The highest BCUT2D eigenvalue weighted by atomic mass is 32.1. The van der Waals surface area contributed by atoms with Crippen molar-refractivity contribution in [3.63, 3.8) is 0 Å². The van der Waals surface area contributed by atoms with Crippen molar-refractivity contribution in [2.75, 3.05) is 5.32 Å². The number of ketones is 1. The van der Waals surface area contributed by atoms with E-state index in [9.17, 15) is 9.59 Å². The molecule has 0 fully saturated rings. The minimum Gasteiger partial charge on any atom is -0.298 e. The second-order valence-corrected chi connectivity index (χ2v) is 4.32. The topological polar surface area (TPSA) is 59.1 Å². The fourth-order valence-corrected chi connectivity index (χ4v) is 1.83. The first-order chi connectivity index (χ1) is 8.16. The Balaban J connectivity index is 2.12. The molecule has 0 atom stereocenters. The number of nitrogens with one attached hydrogen (secondary N) is 1. The Morgan fingerprint density at radius 1 is 1.18 bits per heavy atom. The Morgan fingerprint density at radius 3 is 2.35 bits per heavy atom. The van der Waals surface area contributed by atoms with Gasteiger partial charge in [-0.25, -0.2) is 4.98 Å². The molecule has 1 amide bonds. The smallest absolute Gasteiger partial charge is 0.257 e. The van der Waals surface area contributed by atoms with Crippen molar-refractivity contribution in [2.24, 2.45) is 0 Å². The molecule has 17 heavy (non-hydrogen) atoms. The van der Waals surface area contributed by atoms with E-state index >= 15 is 0 Å². The monoisotopic (exact) mass is 246 g/mol. The zero-order chi connectivity index (χ0) is 12.3. The third-order valence-electron chi connectivity index (χ3n) is 2.21. The van der Waals surface area contributed by atoms with Gasteiger partial charge >= 0.3 is 0 Å². The van der Waals surface area contributed by atoms with Crippen molar-refractivity contribution in [3.8, 4) is 0 Å². The Bertz CT molecular complexity index is 532. The van der Waals surface area contributed by atoms with Crippen LogP contribution in [0.3, 0.4) is 0 Å². The van der Waals surface area contributed by atoms with Crippen molar-refractivity contribution in [3.05, 3.63) is 47.0 Å². The van der Waals surface area contributed by atoms with Gasteiger partial charge in [-0.1, -0.05) is 12.1 Å². The van der Waals surface area contributed by atoms with E-state index in [0.29, 0.717) is 16.3 Å². The predicted octanol–water partition coefficient (Wildman–Crippen LogP) is 2.60. The summed E-state index contributed by atoms with van der Waals surface area (Å²) in [6.07, 6.45) is 1.62. The molecule has 4 nitrogen and oxygen atoms in total. The summed E-state index contributed by atoms with van der Waals surface area (Å²) < 4.78 is 0. The molecular weight excluding hydrogens is 236 g/mol. The minimum atomic E-state index is -0.227. The van der Waals surface area contributed by atoms with E-state index in [1.165, 1.54) is 18.3 Å². The summed E-state index contributed by atoms with van der Waals surface area (Å²) in [6, 6.07) is 6.53. The second kappa shape index (κ2) is 4.88. The van der Waals surface area contributed by atoms with Crippen LogP contribution < -0.4 is 5.32 Å². The number of rotatable bonds is 3. The minimum absolute atomic E-state index is 0.0168. The van der Waals surface area contributed by atoms with E-state index in [1.54, 1.807) is 35.8 Å². The fourth-order valence-electron chi connectivity index (χ4n) is 1.31. The summed E-state index contributed by atoms with van der Waals surface area (Å²) in [7, 11) is 0. The summed E-state index contributed by atoms with van der Waals surface area (Å²) >= 11 is 1.36. The van der Waals surface area contributed by atoms with Gasteiger partial charge in [-0.3, -0.25) is 14.9 Å². The lowest BCUT2D eigenvalue weighted by atomic mass is 10.1. The SMILES string of the molecule is CC(=O)c1ccc(C(=O)Nc2nccs2)cc1. The summed E-state index contributed by atoms with van der Waals surface area (Å²) in [5, 5.41) is 5.02. The van der Waals surface area contributed by atoms with Gasteiger partial charge < -0.3 is 0 Å². The molecule has 1 N–H and O–H groups in total. The summed E-state index contributed by atoms with van der Waals surface area (Å²) in [6.45, 7) is 1.49. The summed E-state index contributed by atoms with van der Waals surface area (Å²) in [5.41, 5.74) is 1.10. The maximum atomic E-state index is 11.8. The number of Topliss-reactive ketones (excluding diaryl/α,β-unsaturated/α-hetero) is 1. The largest absolute Gasteiger partial charge is 0.298 e. The molecule has 0 radical (unpaired) electrons. The molecule has 1 heterocycles.